The molecule has 0 saturated carbocycles. The van der Waals surface area contributed by atoms with E-state index < -0.39 is 0 Å². The highest BCUT2D eigenvalue weighted by atomic mass is 16.5. The molecule has 2 aromatic rings. The van der Waals surface area contributed by atoms with Crippen molar-refractivity contribution in [3.63, 3.8) is 0 Å². The molecule has 3 rings (SSSR count). The summed E-state index contributed by atoms with van der Waals surface area (Å²) in [7, 11) is 1.56. The van der Waals surface area contributed by atoms with E-state index in [2.05, 4.69) is 25.5 Å². The van der Waals surface area contributed by atoms with Crippen molar-refractivity contribution in [2.45, 2.75) is 19.4 Å². The second-order valence-corrected chi connectivity index (χ2v) is 5.14. The number of ether oxygens (including phenoxy) is 3. The summed E-state index contributed by atoms with van der Waals surface area (Å²) in [4.78, 5) is 8.53. The van der Waals surface area contributed by atoms with Crippen LogP contribution in [0.1, 0.15) is 13.3 Å². The second kappa shape index (κ2) is 6.61. The van der Waals surface area contributed by atoms with Crippen molar-refractivity contribution in [3.8, 4) is 11.8 Å². The molecule has 0 amide bonds. The van der Waals surface area contributed by atoms with Crippen LogP contribution in [0.4, 0.5) is 11.6 Å². The number of hydrogen-bond acceptors (Lipinski definition) is 7. The SMILES string of the molecule is COc1cc(Nc2cncc(O[C@@H](C)[C@H]3CCOC3)n2)[nH]n1. The Morgan fingerprint density at radius 1 is 1.41 bits per heavy atom. The normalized spacial score (nSPS) is 18.9. The Hall–Kier alpha value is -2.35. The summed E-state index contributed by atoms with van der Waals surface area (Å²) >= 11 is 0. The predicted molar refractivity (Wildman–Crippen MR) is 79.5 cm³/mol. The summed E-state index contributed by atoms with van der Waals surface area (Å²) < 4.78 is 16.3. The number of H-pyrrole nitrogens is 1. The van der Waals surface area contributed by atoms with Crippen molar-refractivity contribution in [2.75, 3.05) is 25.6 Å². The van der Waals surface area contributed by atoms with Crippen molar-refractivity contribution in [1.29, 1.82) is 0 Å². The zero-order valence-corrected chi connectivity index (χ0v) is 12.6. The number of rotatable bonds is 6. The molecule has 0 aliphatic carbocycles. The standard InChI is InChI=1S/C14H19N5O3/c1-9(10-3-4-21-8-10)22-14-7-15-6-12(17-14)16-11-5-13(20-2)19-18-11/h5-7,9-10H,3-4,8H2,1-2H3,(H2,16,17,18,19)/t9-,10-/m0/s1. The fourth-order valence-electron chi connectivity index (χ4n) is 2.28. The molecule has 0 spiro atoms. The van der Waals surface area contributed by atoms with E-state index in [9.17, 15) is 0 Å². The van der Waals surface area contributed by atoms with Gasteiger partial charge in [-0.05, 0) is 13.3 Å². The fourth-order valence-corrected chi connectivity index (χ4v) is 2.28. The predicted octanol–water partition coefficient (Wildman–Crippen LogP) is 1.76. The summed E-state index contributed by atoms with van der Waals surface area (Å²) in [5.74, 6) is 2.61. The number of nitrogens with one attached hydrogen (secondary N) is 2. The first-order chi connectivity index (χ1) is 10.7. The lowest BCUT2D eigenvalue weighted by Gasteiger charge is -2.18. The molecule has 1 aliphatic rings. The molecule has 2 atom stereocenters. The van der Waals surface area contributed by atoms with Gasteiger partial charge in [0, 0.05) is 18.6 Å². The second-order valence-electron chi connectivity index (χ2n) is 5.14. The van der Waals surface area contributed by atoms with Crippen LogP contribution in [0.5, 0.6) is 11.8 Å². The Morgan fingerprint density at radius 2 is 2.32 bits per heavy atom. The third-order valence-electron chi connectivity index (χ3n) is 3.57. The number of anilines is 2. The number of hydrogen-bond donors (Lipinski definition) is 2. The fraction of sp³-hybridized carbons (Fsp3) is 0.500. The van der Waals surface area contributed by atoms with Crippen molar-refractivity contribution in [2.24, 2.45) is 5.92 Å². The molecule has 1 aliphatic heterocycles. The maximum atomic E-state index is 5.86. The number of aromatic amines is 1. The van der Waals surface area contributed by atoms with Gasteiger partial charge in [0.25, 0.3) is 0 Å². The number of aromatic nitrogens is 4. The van der Waals surface area contributed by atoms with Crippen LogP contribution in [-0.4, -0.2) is 46.6 Å². The number of methoxy groups -OCH3 is 1. The molecular formula is C14H19N5O3. The van der Waals surface area contributed by atoms with Crippen LogP contribution in [0.25, 0.3) is 0 Å². The van der Waals surface area contributed by atoms with Gasteiger partial charge in [-0.25, -0.2) is 0 Å². The highest BCUT2D eigenvalue weighted by molar-refractivity contribution is 5.51. The molecule has 0 unspecified atom stereocenters. The zero-order chi connectivity index (χ0) is 15.4. The molecule has 1 fully saturated rings. The lowest BCUT2D eigenvalue weighted by atomic mass is 10.0. The van der Waals surface area contributed by atoms with Crippen molar-refractivity contribution < 1.29 is 14.2 Å². The third-order valence-corrected chi connectivity index (χ3v) is 3.57. The molecule has 0 radical (unpaired) electrons. The number of nitrogens with zero attached hydrogens (tertiary/aromatic N) is 3. The summed E-state index contributed by atoms with van der Waals surface area (Å²) in [6.45, 7) is 3.56. The van der Waals surface area contributed by atoms with Gasteiger partial charge in [-0.2, -0.15) is 4.98 Å². The maximum absolute atomic E-state index is 5.86. The Kier molecular flexibility index (Phi) is 4.38. The van der Waals surface area contributed by atoms with Crippen molar-refractivity contribution in [1.82, 2.24) is 20.2 Å². The molecule has 3 heterocycles. The maximum Gasteiger partial charge on any atom is 0.234 e. The highest BCUT2D eigenvalue weighted by Gasteiger charge is 2.24. The first-order valence-corrected chi connectivity index (χ1v) is 7.17. The first kappa shape index (κ1) is 14.6. The minimum atomic E-state index is 0.0410. The molecule has 118 valence electrons. The van der Waals surface area contributed by atoms with Crippen LogP contribution >= 0.6 is 0 Å². The van der Waals surface area contributed by atoms with E-state index in [0.29, 0.717) is 29.3 Å². The molecular weight excluding hydrogens is 286 g/mol. The van der Waals surface area contributed by atoms with Gasteiger partial charge in [0.1, 0.15) is 11.9 Å². The molecule has 0 aromatic carbocycles. The molecule has 2 aromatic heterocycles. The van der Waals surface area contributed by atoms with Gasteiger partial charge in [-0.1, -0.05) is 0 Å². The first-order valence-electron chi connectivity index (χ1n) is 7.17. The van der Waals surface area contributed by atoms with Crippen LogP contribution in [0.3, 0.4) is 0 Å². The Bertz CT molecular complexity index is 612. The smallest absolute Gasteiger partial charge is 0.234 e. The van der Waals surface area contributed by atoms with Gasteiger partial charge in [0.2, 0.25) is 11.8 Å². The van der Waals surface area contributed by atoms with E-state index in [4.69, 9.17) is 14.2 Å². The van der Waals surface area contributed by atoms with Gasteiger partial charge in [0.15, 0.2) is 5.82 Å². The molecule has 2 N–H and O–H groups in total. The summed E-state index contributed by atoms with van der Waals surface area (Å²) in [5.41, 5.74) is 0. The average Bonchev–Trinajstić information content (AvgIpc) is 3.19. The lowest BCUT2D eigenvalue weighted by Crippen LogP contribution is -2.24. The Labute approximate surface area is 128 Å². The van der Waals surface area contributed by atoms with E-state index >= 15 is 0 Å². The van der Waals surface area contributed by atoms with Crippen LogP contribution < -0.4 is 14.8 Å². The summed E-state index contributed by atoms with van der Waals surface area (Å²) in [5, 5.41) is 9.82. The van der Waals surface area contributed by atoms with E-state index in [1.165, 1.54) is 0 Å². The van der Waals surface area contributed by atoms with E-state index in [1.807, 2.05) is 6.92 Å². The Morgan fingerprint density at radius 3 is 3.05 bits per heavy atom. The molecule has 8 nitrogen and oxygen atoms in total. The van der Waals surface area contributed by atoms with Crippen LogP contribution in [-0.2, 0) is 4.74 Å². The summed E-state index contributed by atoms with van der Waals surface area (Å²) in [6.07, 6.45) is 4.27. The van der Waals surface area contributed by atoms with Gasteiger partial charge >= 0.3 is 0 Å². The molecule has 22 heavy (non-hydrogen) atoms. The van der Waals surface area contributed by atoms with Gasteiger partial charge < -0.3 is 19.5 Å². The highest BCUT2D eigenvalue weighted by Crippen LogP contribution is 2.22. The third kappa shape index (κ3) is 3.45. The van der Waals surface area contributed by atoms with E-state index in [1.54, 1.807) is 25.6 Å². The lowest BCUT2D eigenvalue weighted by molar-refractivity contribution is 0.119. The van der Waals surface area contributed by atoms with Crippen LogP contribution in [0.15, 0.2) is 18.5 Å². The minimum Gasteiger partial charge on any atom is -0.480 e. The van der Waals surface area contributed by atoms with Crippen molar-refractivity contribution in [3.05, 3.63) is 18.5 Å². The topological polar surface area (TPSA) is 94.2 Å². The average molecular weight is 305 g/mol. The molecule has 1 saturated heterocycles. The van der Waals surface area contributed by atoms with Gasteiger partial charge in [-0.3, -0.25) is 10.1 Å². The summed E-state index contributed by atoms with van der Waals surface area (Å²) in [6, 6.07) is 1.73. The van der Waals surface area contributed by atoms with Crippen LogP contribution in [0, 0.1) is 5.92 Å². The van der Waals surface area contributed by atoms with E-state index in [0.717, 1.165) is 19.6 Å². The van der Waals surface area contributed by atoms with Gasteiger partial charge in [0.05, 0.1) is 26.1 Å². The van der Waals surface area contributed by atoms with E-state index in [-0.39, 0.29) is 6.10 Å². The molecule has 8 heteroatoms. The molecule has 0 bridgehead atoms. The minimum absolute atomic E-state index is 0.0410. The van der Waals surface area contributed by atoms with Crippen molar-refractivity contribution >= 4 is 11.6 Å². The monoisotopic (exact) mass is 305 g/mol. The van der Waals surface area contributed by atoms with Gasteiger partial charge in [-0.15, -0.1) is 5.10 Å². The largest absolute Gasteiger partial charge is 0.480 e. The zero-order valence-electron chi connectivity index (χ0n) is 12.6. The Balaban J connectivity index is 1.64. The quantitative estimate of drug-likeness (QED) is 0.839. The van der Waals surface area contributed by atoms with Crippen LogP contribution in [0.2, 0.25) is 0 Å².